The molecule has 3 heteroatoms. The van der Waals surface area contributed by atoms with E-state index < -0.39 is 5.54 Å². The second-order valence-corrected chi connectivity index (χ2v) is 4.95. The molecule has 0 spiro atoms. The third-order valence-corrected chi connectivity index (χ3v) is 2.76. The zero-order valence-electron chi connectivity index (χ0n) is 10.9. The van der Waals surface area contributed by atoms with Crippen molar-refractivity contribution in [3.8, 4) is 5.75 Å². The molecule has 0 saturated carbocycles. The van der Waals surface area contributed by atoms with Gasteiger partial charge in [-0.05, 0) is 38.0 Å². The van der Waals surface area contributed by atoms with Gasteiger partial charge in [-0.15, -0.1) is 0 Å². The number of aryl methyl sites for hydroxylation is 1. The van der Waals surface area contributed by atoms with E-state index in [0.29, 0.717) is 6.42 Å². The molecule has 0 bridgehead atoms. The second kappa shape index (κ2) is 6.03. The highest BCUT2D eigenvalue weighted by Crippen LogP contribution is 2.18. The molecule has 0 aromatic heterocycles. The molecule has 0 heterocycles. The van der Waals surface area contributed by atoms with Crippen molar-refractivity contribution in [2.75, 3.05) is 6.61 Å². The van der Waals surface area contributed by atoms with Gasteiger partial charge in [-0.25, -0.2) is 0 Å². The van der Waals surface area contributed by atoms with Gasteiger partial charge in [0.15, 0.2) is 0 Å². The lowest BCUT2D eigenvalue weighted by molar-refractivity contribution is 0.133. The van der Waals surface area contributed by atoms with Crippen LogP contribution in [-0.4, -0.2) is 23.4 Å². The predicted molar refractivity (Wildman–Crippen MR) is 70.2 cm³/mol. The molecule has 3 N–H and O–H groups in total. The fourth-order valence-corrected chi connectivity index (χ4v) is 1.83. The quantitative estimate of drug-likeness (QED) is 0.796. The molecule has 0 radical (unpaired) electrons. The standard InChI is InChI=1S/C14H23NO2/c1-4-12-6-5-7-13(8-12)17-11(2)9-14(3,15)10-16/h5-8,11,16H,4,9-10,15H2,1-3H3. The maximum atomic E-state index is 9.11. The summed E-state index contributed by atoms with van der Waals surface area (Å²) >= 11 is 0. The Morgan fingerprint density at radius 2 is 2.18 bits per heavy atom. The summed E-state index contributed by atoms with van der Waals surface area (Å²) in [5, 5.41) is 9.11. The van der Waals surface area contributed by atoms with Gasteiger partial charge in [-0.3, -0.25) is 0 Å². The van der Waals surface area contributed by atoms with Gasteiger partial charge in [0.25, 0.3) is 0 Å². The van der Waals surface area contributed by atoms with Gasteiger partial charge in [0.05, 0.1) is 12.7 Å². The average molecular weight is 237 g/mol. The highest BCUT2D eigenvalue weighted by atomic mass is 16.5. The minimum Gasteiger partial charge on any atom is -0.491 e. The molecule has 0 aliphatic heterocycles. The minimum atomic E-state index is -0.582. The molecule has 0 saturated heterocycles. The average Bonchev–Trinajstić information content (AvgIpc) is 2.28. The molecule has 17 heavy (non-hydrogen) atoms. The highest BCUT2D eigenvalue weighted by Gasteiger charge is 2.21. The van der Waals surface area contributed by atoms with Gasteiger partial charge in [-0.2, -0.15) is 0 Å². The normalized spacial score (nSPS) is 16.3. The Bertz CT molecular complexity index is 350. The van der Waals surface area contributed by atoms with E-state index in [1.807, 2.05) is 32.0 Å². The molecular weight excluding hydrogens is 214 g/mol. The third kappa shape index (κ3) is 4.75. The zero-order chi connectivity index (χ0) is 12.9. The molecule has 0 aliphatic carbocycles. The Hall–Kier alpha value is -1.06. The van der Waals surface area contributed by atoms with Crippen molar-refractivity contribution < 1.29 is 9.84 Å². The van der Waals surface area contributed by atoms with Gasteiger partial charge in [-0.1, -0.05) is 19.1 Å². The molecule has 96 valence electrons. The van der Waals surface area contributed by atoms with Crippen LogP contribution in [0.25, 0.3) is 0 Å². The van der Waals surface area contributed by atoms with Crippen LogP contribution in [0.5, 0.6) is 5.75 Å². The van der Waals surface area contributed by atoms with E-state index in [1.165, 1.54) is 5.56 Å². The summed E-state index contributed by atoms with van der Waals surface area (Å²) in [5.41, 5.74) is 6.57. The summed E-state index contributed by atoms with van der Waals surface area (Å²) in [5.74, 6) is 0.866. The third-order valence-electron chi connectivity index (χ3n) is 2.76. The molecule has 2 atom stereocenters. The Morgan fingerprint density at radius 1 is 1.47 bits per heavy atom. The van der Waals surface area contributed by atoms with E-state index in [2.05, 4.69) is 13.0 Å². The maximum absolute atomic E-state index is 9.11. The van der Waals surface area contributed by atoms with E-state index in [9.17, 15) is 0 Å². The fourth-order valence-electron chi connectivity index (χ4n) is 1.83. The molecular formula is C14H23NO2. The topological polar surface area (TPSA) is 55.5 Å². The Labute approximate surface area is 104 Å². The first-order valence-corrected chi connectivity index (χ1v) is 6.12. The monoisotopic (exact) mass is 237 g/mol. The van der Waals surface area contributed by atoms with Crippen molar-refractivity contribution in [3.63, 3.8) is 0 Å². The number of aliphatic hydroxyl groups is 1. The molecule has 1 rings (SSSR count). The van der Waals surface area contributed by atoms with Crippen LogP contribution in [0.1, 0.15) is 32.8 Å². The number of nitrogens with two attached hydrogens (primary N) is 1. The summed E-state index contributed by atoms with van der Waals surface area (Å²) < 4.78 is 5.80. The van der Waals surface area contributed by atoms with Gasteiger partial charge in [0.2, 0.25) is 0 Å². The predicted octanol–water partition coefficient (Wildman–Crippen LogP) is 2.12. The Kier molecular flexibility index (Phi) is 4.97. The second-order valence-electron chi connectivity index (χ2n) is 4.95. The van der Waals surface area contributed by atoms with E-state index in [1.54, 1.807) is 0 Å². The molecule has 0 aliphatic rings. The summed E-state index contributed by atoms with van der Waals surface area (Å²) in [7, 11) is 0. The van der Waals surface area contributed by atoms with Crippen LogP contribution in [-0.2, 0) is 6.42 Å². The van der Waals surface area contributed by atoms with Crippen LogP contribution < -0.4 is 10.5 Å². The lowest BCUT2D eigenvalue weighted by atomic mass is 9.97. The lowest BCUT2D eigenvalue weighted by Crippen LogP contribution is -2.43. The van der Waals surface area contributed by atoms with Crippen molar-refractivity contribution in [2.45, 2.75) is 45.3 Å². The minimum absolute atomic E-state index is 0.00995. The fraction of sp³-hybridized carbons (Fsp3) is 0.571. The van der Waals surface area contributed by atoms with Crippen molar-refractivity contribution in [2.24, 2.45) is 5.73 Å². The molecule has 0 amide bonds. The van der Waals surface area contributed by atoms with Crippen molar-refractivity contribution in [1.82, 2.24) is 0 Å². The van der Waals surface area contributed by atoms with Crippen molar-refractivity contribution in [1.29, 1.82) is 0 Å². The first-order chi connectivity index (χ1) is 7.96. The number of hydrogen-bond acceptors (Lipinski definition) is 3. The molecule has 1 aromatic rings. The first-order valence-electron chi connectivity index (χ1n) is 6.12. The smallest absolute Gasteiger partial charge is 0.119 e. The van der Waals surface area contributed by atoms with E-state index >= 15 is 0 Å². The van der Waals surface area contributed by atoms with E-state index in [-0.39, 0.29) is 12.7 Å². The van der Waals surface area contributed by atoms with E-state index in [0.717, 1.165) is 12.2 Å². The first kappa shape index (κ1) is 14.0. The van der Waals surface area contributed by atoms with Crippen molar-refractivity contribution >= 4 is 0 Å². The van der Waals surface area contributed by atoms with Gasteiger partial charge >= 0.3 is 0 Å². The summed E-state index contributed by atoms with van der Waals surface area (Å²) in [4.78, 5) is 0. The van der Waals surface area contributed by atoms with Gasteiger partial charge in [0.1, 0.15) is 5.75 Å². The summed E-state index contributed by atoms with van der Waals surface area (Å²) in [6, 6.07) is 8.07. The molecule has 3 nitrogen and oxygen atoms in total. The van der Waals surface area contributed by atoms with E-state index in [4.69, 9.17) is 15.6 Å². The van der Waals surface area contributed by atoms with Crippen LogP contribution in [0, 0.1) is 0 Å². The van der Waals surface area contributed by atoms with Gasteiger partial charge < -0.3 is 15.6 Å². The van der Waals surface area contributed by atoms with Crippen LogP contribution in [0.15, 0.2) is 24.3 Å². The Morgan fingerprint density at radius 3 is 2.76 bits per heavy atom. The van der Waals surface area contributed by atoms with Crippen molar-refractivity contribution in [3.05, 3.63) is 29.8 Å². The van der Waals surface area contributed by atoms with Crippen LogP contribution in [0.4, 0.5) is 0 Å². The number of rotatable bonds is 6. The van der Waals surface area contributed by atoms with Gasteiger partial charge in [0, 0.05) is 12.0 Å². The van der Waals surface area contributed by atoms with Crippen LogP contribution in [0.3, 0.4) is 0 Å². The van der Waals surface area contributed by atoms with Crippen LogP contribution >= 0.6 is 0 Å². The molecule has 1 aromatic carbocycles. The number of aliphatic hydroxyl groups excluding tert-OH is 1. The maximum Gasteiger partial charge on any atom is 0.119 e. The Balaban J connectivity index is 2.58. The summed E-state index contributed by atoms with van der Waals surface area (Å²) in [6.07, 6.45) is 1.61. The molecule has 0 fully saturated rings. The summed E-state index contributed by atoms with van der Waals surface area (Å²) in [6.45, 7) is 5.88. The number of benzene rings is 1. The SMILES string of the molecule is CCc1cccc(OC(C)CC(C)(N)CO)c1. The lowest BCUT2D eigenvalue weighted by Gasteiger charge is -2.26. The highest BCUT2D eigenvalue weighted by molar-refractivity contribution is 5.28. The molecule has 2 unspecified atom stereocenters. The number of hydrogen-bond donors (Lipinski definition) is 2. The van der Waals surface area contributed by atoms with Crippen LogP contribution in [0.2, 0.25) is 0 Å². The number of ether oxygens (including phenoxy) is 1. The zero-order valence-corrected chi connectivity index (χ0v) is 10.9. The largest absolute Gasteiger partial charge is 0.491 e.